The summed E-state index contributed by atoms with van der Waals surface area (Å²) >= 11 is 6.49. The number of hydrogen-bond donors (Lipinski definition) is 1. The number of benzene rings is 1. The third kappa shape index (κ3) is 2.99. The molecule has 2 N–H and O–H groups in total. The zero-order valence-electron chi connectivity index (χ0n) is 13.0. The van der Waals surface area contributed by atoms with Crippen molar-refractivity contribution in [3.63, 3.8) is 0 Å². The van der Waals surface area contributed by atoms with Gasteiger partial charge in [-0.2, -0.15) is 0 Å². The Morgan fingerprint density at radius 1 is 1.24 bits per heavy atom. The maximum atomic E-state index is 6.52. The lowest BCUT2D eigenvalue weighted by atomic mass is 9.84. The van der Waals surface area contributed by atoms with E-state index in [2.05, 4.69) is 24.0 Å². The van der Waals surface area contributed by atoms with Crippen molar-refractivity contribution in [3.05, 3.63) is 34.9 Å². The predicted molar refractivity (Wildman–Crippen MR) is 89.5 cm³/mol. The van der Waals surface area contributed by atoms with E-state index in [0.717, 1.165) is 23.4 Å². The van der Waals surface area contributed by atoms with Gasteiger partial charge in [-0.1, -0.05) is 49.6 Å². The van der Waals surface area contributed by atoms with Crippen LogP contribution in [-0.4, -0.2) is 23.5 Å². The average Bonchev–Trinajstić information content (AvgIpc) is 2.93. The number of nitrogens with zero attached hydrogens (tertiary/aromatic N) is 1. The van der Waals surface area contributed by atoms with Crippen LogP contribution in [0.2, 0.25) is 5.02 Å². The van der Waals surface area contributed by atoms with E-state index in [9.17, 15) is 0 Å². The van der Waals surface area contributed by atoms with Crippen LogP contribution in [0.3, 0.4) is 0 Å². The van der Waals surface area contributed by atoms with Gasteiger partial charge < -0.3 is 5.73 Å². The molecule has 4 atom stereocenters. The molecule has 1 aromatic carbocycles. The average molecular weight is 307 g/mol. The van der Waals surface area contributed by atoms with Crippen LogP contribution in [0.1, 0.15) is 57.1 Å². The molecule has 1 heterocycles. The van der Waals surface area contributed by atoms with Crippen LogP contribution in [0.15, 0.2) is 24.3 Å². The lowest BCUT2D eigenvalue weighted by Crippen LogP contribution is -2.45. The van der Waals surface area contributed by atoms with Crippen molar-refractivity contribution in [1.82, 2.24) is 4.90 Å². The summed E-state index contributed by atoms with van der Waals surface area (Å²) in [6.07, 6.45) is 7.84. The van der Waals surface area contributed by atoms with Crippen molar-refractivity contribution in [2.45, 2.75) is 63.6 Å². The van der Waals surface area contributed by atoms with E-state index in [1.54, 1.807) is 0 Å². The molecule has 2 fully saturated rings. The summed E-state index contributed by atoms with van der Waals surface area (Å²) in [6, 6.07) is 9.41. The second-order valence-electron chi connectivity index (χ2n) is 6.68. The van der Waals surface area contributed by atoms with Crippen molar-refractivity contribution in [2.75, 3.05) is 6.54 Å². The predicted octanol–water partition coefficient (Wildman–Crippen LogP) is 4.38. The number of rotatable bonds is 4. The summed E-state index contributed by atoms with van der Waals surface area (Å²) in [5, 5.41) is 0.866. The van der Waals surface area contributed by atoms with Crippen molar-refractivity contribution in [3.8, 4) is 0 Å². The summed E-state index contributed by atoms with van der Waals surface area (Å²) in [5.41, 5.74) is 7.74. The minimum absolute atomic E-state index is 0.158. The van der Waals surface area contributed by atoms with Crippen molar-refractivity contribution >= 4 is 11.6 Å². The largest absolute Gasteiger partial charge is 0.326 e. The van der Waals surface area contributed by atoms with E-state index in [1.807, 2.05) is 12.1 Å². The Morgan fingerprint density at radius 2 is 2.00 bits per heavy atom. The van der Waals surface area contributed by atoms with Crippen LogP contribution < -0.4 is 5.73 Å². The lowest BCUT2D eigenvalue weighted by molar-refractivity contribution is 0.114. The quantitative estimate of drug-likeness (QED) is 0.894. The van der Waals surface area contributed by atoms with Crippen molar-refractivity contribution in [2.24, 2.45) is 11.7 Å². The monoisotopic (exact) mass is 306 g/mol. The standard InChI is InChI=1S/C18H27ClN2/c1-2-16(20)18(14-8-4-5-9-15(14)19)21-12-11-13-7-3-6-10-17(13)21/h4-5,8-9,13,16-18H,2-3,6-7,10-12,20H2,1H3. The van der Waals surface area contributed by atoms with E-state index in [0.29, 0.717) is 0 Å². The molecular formula is C18H27ClN2. The maximum Gasteiger partial charge on any atom is 0.0516 e. The molecule has 0 spiro atoms. The highest BCUT2D eigenvalue weighted by Crippen LogP contribution is 2.42. The summed E-state index contributed by atoms with van der Waals surface area (Å²) in [7, 11) is 0. The highest BCUT2D eigenvalue weighted by Gasteiger charge is 2.41. The second-order valence-corrected chi connectivity index (χ2v) is 7.08. The summed E-state index contributed by atoms with van der Waals surface area (Å²) in [5.74, 6) is 0.882. The van der Waals surface area contributed by atoms with Gasteiger partial charge in [-0.05, 0) is 49.8 Å². The van der Waals surface area contributed by atoms with Crippen LogP contribution in [0.5, 0.6) is 0 Å². The number of hydrogen-bond acceptors (Lipinski definition) is 2. The first kappa shape index (κ1) is 15.3. The first-order chi connectivity index (χ1) is 10.2. The zero-order chi connectivity index (χ0) is 14.8. The molecule has 1 aliphatic carbocycles. The molecule has 0 radical (unpaired) electrons. The molecule has 116 valence electrons. The molecular weight excluding hydrogens is 280 g/mol. The second kappa shape index (κ2) is 6.68. The van der Waals surface area contributed by atoms with Gasteiger partial charge in [0.2, 0.25) is 0 Å². The maximum absolute atomic E-state index is 6.52. The summed E-state index contributed by atoms with van der Waals surface area (Å²) in [6.45, 7) is 3.36. The van der Waals surface area contributed by atoms with Crippen LogP contribution in [0.4, 0.5) is 0 Å². The van der Waals surface area contributed by atoms with Gasteiger partial charge >= 0.3 is 0 Å². The first-order valence-corrected chi connectivity index (χ1v) is 8.86. The van der Waals surface area contributed by atoms with Crippen LogP contribution in [0.25, 0.3) is 0 Å². The minimum atomic E-state index is 0.158. The Kier molecular flexibility index (Phi) is 4.88. The van der Waals surface area contributed by atoms with E-state index in [1.165, 1.54) is 44.2 Å². The molecule has 1 saturated carbocycles. The number of nitrogens with two attached hydrogens (primary N) is 1. The molecule has 0 aromatic heterocycles. The normalized spacial score (nSPS) is 29.1. The Morgan fingerprint density at radius 3 is 2.76 bits per heavy atom. The fourth-order valence-electron chi connectivity index (χ4n) is 4.38. The van der Waals surface area contributed by atoms with Crippen LogP contribution in [0, 0.1) is 5.92 Å². The topological polar surface area (TPSA) is 29.3 Å². The third-order valence-electron chi connectivity index (χ3n) is 5.51. The highest BCUT2D eigenvalue weighted by molar-refractivity contribution is 6.31. The van der Waals surface area contributed by atoms with Gasteiger partial charge in [0.15, 0.2) is 0 Å². The molecule has 3 heteroatoms. The fraction of sp³-hybridized carbons (Fsp3) is 0.667. The molecule has 1 aliphatic heterocycles. The van der Waals surface area contributed by atoms with E-state index < -0.39 is 0 Å². The Labute approximate surface area is 133 Å². The van der Waals surface area contributed by atoms with Crippen molar-refractivity contribution < 1.29 is 0 Å². The molecule has 1 saturated heterocycles. The number of likely N-dealkylation sites (tertiary alicyclic amines) is 1. The van der Waals surface area contributed by atoms with E-state index >= 15 is 0 Å². The van der Waals surface area contributed by atoms with E-state index in [-0.39, 0.29) is 12.1 Å². The molecule has 2 nitrogen and oxygen atoms in total. The molecule has 21 heavy (non-hydrogen) atoms. The highest BCUT2D eigenvalue weighted by atomic mass is 35.5. The summed E-state index contributed by atoms with van der Waals surface area (Å²) in [4.78, 5) is 2.68. The first-order valence-electron chi connectivity index (χ1n) is 8.48. The molecule has 1 aromatic rings. The SMILES string of the molecule is CCC(N)C(c1ccccc1Cl)N1CCC2CCCCC21. The van der Waals surface area contributed by atoms with Crippen molar-refractivity contribution in [1.29, 1.82) is 0 Å². The third-order valence-corrected chi connectivity index (χ3v) is 5.86. The number of halogens is 1. The van der Waals surface area contributed by atoms with Gasteiger partial charge in [-0.3, -0.25) is 4.90 Å². The molecule has 2 aliphatic rings. The van der Waals surface area contributed by atoms with E-state index in [4.69, 9.17) is 17.3 Å². The van der Waals surface area contributed by atoms with Crippen LogP contribution >= 0.6 is 11.6 Å². The number of fused-ring (bicyclic) bond motifs is 1. The Hall–Kier alpha value is -0.570. The zero-order valence-corrected chi connectivity index (χ0v) is 13.7. The minimum Gasteiger partial charge on any atom is -0.326 e. The fourth-order valence-corrected chi connectivity index (χ4v) is 4.63. The van der Waals surface area contributed by atoms with Gasteiger partial charge in [0.25, 0.3) is 0 Å². The molecule has 0 amide bonds. The van der Waals surface area contributed by atoms with Crippen LogP contribution in [-0.2, 0) is 0 Å². The summed E-state index contributed by atoms with van der Waals surface area (Å²) < 4.78 is 0. The molecule has 4 unspecified atom stereocenters. The Bertz CT molecular complexity index is 476. The Balaban J connectivity index is 1.91. The van der Waals surface area contributed by atoms with Gasteiger partial charge in [0.1, 0.15) is 0 Å². The van der Waals surface area contributed by atoms with Gasteiger partial charge in [0.05, 0.1) is 6.04 Å². The van der Waals surface area contributed by atoms with Gasteiger partial charge in [-0.25, -0.2) is 0 Å². The van der Waals surface area contributed by atoms with Gasteiger partial charge in [-0.15, -0.1) is 0 Å². The molecule has 3 rings (SSSR count). The lowest BCUT2D eigenvalue weighted by Gasteiger charge is -2.40. The van der Waals surface area contributed by atoms with Gasteiger partial charge in [0, 0.05) is 17.1 Å². The smallest absolute Gasteiger partial charge is 0.0516 e. The molecule has 0 bridgehead atoms.